The van der Waals surface area contributed by atoms with E-state index in [1.165, 1.54) is 24.3 Å². The van der Waals surface area contributed by atoms with Crippen molar-refractivity contribution in [2.75, 3.05) is 5.32 Å². The minimum atomic E-state index is -4.13. The Bertz CT molecular complexity index is 1690. The second-order valence-electron chi connectivity index (χ2n) is 11.3. The average Bonchev–Trinajstić information content (AvgIpc) is 2.88. The largest absolute Gasteiger partial charge is 0.389 e. The Morgan fingerprint density at radius 1 is 0.727 bits per heavy atom. The van der Waals surface area contributed by atoms with E-state index >= 15 is 0 Å². The maximum absolute atomic E-state index is 12.7. The highest BCUT2D eigenvalue weighted by Crippen LogP contribution is 2.35. The summed E-state index contributed by atoms with van der Waals surface area (Å²) in [5.41, 5.74) is 4.88. The molecular formula is C31H42ClN3O7S2. The van der Waals surface area contributed by atoms with Crippen LogP contribution in [0.2, 0.25) is 5.02 Å². The number of aliphatic hydroxyl groups excluding tert-OH is 2. The minimum Gasteiger partial charge on any atom is -0.389 e. The van der Waals surface area contributed by atoms with Crippen LogP contribution in [0.1, 0.15) is 99.0 Å². The van der Waals surface area contributed by atoms with E-state index in [0.29, 0.717) is 21.8 Å². The molecule has 3 aromatic carbocycles. The SMILES string of the molecule is Cc1ccc(S(=O)(=O)NC(=O)Nc2c(C(C)C)cc(Cl)cc2C(C)C)cc1C(C)O.Cc1ccc(S(N)(=O)=O)cc1C(C)O. The molecule has 0 spiro atoms. The van der Waals surface area contributed by atoms with Crippen LogP contribution < -0.4 is 15.2 Å². The predicted molar refractivity (Wildman–Crippen MR) is 174 cm³/mol. The molecule has 3 aromatic rings. The third kappa shape index (κ3) is 9.75. The van der Waals surface area contributed by atoms with Gasteiger partial charge in [-0.1, -0.05) is 51.4 Å². The molecule has 0 bridgehead atoms. The van der Waals surface area contributed by atoms with Crippen LogP contribution in [0.15, 0.2) is 58.3 Å². The van der Waals surface area contributed by atoms with Crippen LogP contribution in [-0.2, 0) is 20.0 Å². The minimum absolute atomic E-state index is 0.0269. The molecule has 2 atom stereocenters. The van der Waals surface area contributed by atoms with Crippen molar-refractivity contribution in [1.82, 2.24) is 4.72 Å². The first-order valence-electron chi connectivity index (χ1n) is 13.9. The summed E-state index contributed by atoms with van der Waals surface area (Å²) in [5, 5.41) is 27.4. The number of anilines is 1. The Kier molecular flexibility index (Phi) is 12.6. The molecule has 44 heavy (non-hydrogen) atoms. The van der Waals surface area contributed by atoms with Crippen LogP contribution in [0, 0.1) is 13.8 Å². The Morgan fingerprint density at radius 2 is 1.14 bits per heavy atom. The number of aryl methyl sites for hydroxylation is 2. The lowest BCUT2D eigenvalue weighted by Crippen LogP contribution is -2.35. The standard InChI is InChI=1S/C22H29ClN2O4S.C9H13NO3S/c1-12(2)18-9-16(23)10-19(13(3)4)21(18)24-22(27)25-30(28,29)17-8-7-14(5)20(11-17)15(6)26;1-6-3-4-8(14(10,12)13)5-9(6)7(2)11/h7-13,15,26H,1-6H3,(H2,24,25,27);3-5,7,11H,1-2H3,(H2,10,12,13). The first-order chi connectivity index (χ1) is 20.1. The maximum atomic E-state index is 12.7. The number of amides is 2. The number of hydrogen-bond donors (Lipinski definition) is 5. The normalized spacial score (nSPS) is 13.2. The van der Waals surface area contributed by atoms with Gasteiger partial charge in [0.2, 0.25) is 10.0 Å². The van der Waals surface area contributed by atoms with E-state index in [0.717, 1.165) is 22.3 Å². The predicted octanol–water partition coefficient (Wildman–Crippen LogP) is 6.15. The maximum Gasteiger partial charge on any atom is 0.333 e. The smallest absolute Gasteiger partial charge is 0.333 e. The number of halogens is 1. The summed E-state index contributed by atoms with van der Waals surface area (Å²) in [4.78, 5) is 12.6. The molecule has 10 nitrogen and oxygen atoms in total. The van der Waals surface area contributed by atoms with Gasteiger partial charge in [-0.05, 0) is 109 Å². The highest BCUT2D eigenvalue weighted by Gasteiger charge is 2.23. The van der Waals surface area contributed by atoms with Crippen molar-refractivity contribution in [2.24, 2.45) is 5.14 Å². The number of nitrogens with one attached hydrogen (secondary N) is 2. The third-order valence-corrected chi connectivity index (χ3v) is 9.37. The summed E-state index contributed by atoms with van der Waals surface area (Å²) >= 11 is 6.24. The number of carbonyl (C=O) groups is 1. The molecule has 0 saturated heterocycles. The molecule has 0 fully saturated rings. The van der Waals surface area contributed by atoms with Crippen LogP contribution in [-0.4, -0.2) is 33.1 Å². The Labute approximate surface area is 265 Å². The third-order valence-electron chi connectivity index (χ3n) is 6.91. The molecule has 0 heterocycles. The van der Waals surface area contributed by atoms with E-state index in [1.54, 1.807) is 52.0 Å². The van der Waals surface area contributed by atoms with Crippen LogP contribution in [0.25, 0.3) is 0 Å². The average molecular weight is 668 g/mol. The van der Waals surface area contributed by atoms with E-state index in [4.69, 9.17) is 16.7 Å². The monoisotopic (exact) mass is 667 g/mol. The molecular weight excluding hydrogens is 626 g/mol. The van der Waals surface area contributed by atoms with Crippen LogP contribution >= 0.6 is 11.6 Å². The number of benzene rings is 3. The summed E-state index contributed by atoms with van der Waals surface area (Å²) in [6.45, 7) is 14.6. The molecule has 0 saturated carbocycles. The number of hydrogen-bond acceptors (Lipinski definition) is 7. The summed E-state index contributed by atoms with van der Waals surface area (Å²) < 4.78 is 49.6. The zero-order chi connectivity index (χ0) is 33.7. The van der Waals surface area contributed by atoms with Gasteiger partial charge >= 0.3 is 6.03 Å². The van der Waals surface area contributed by atoms with Crippen molar-refractivity contribution in [3.63, 3.8) is 0 Å². The van der Waals surface area contributed by atoms with Gasteiger partial charge in [-0.15, -0.1) is 0 Å². The molecule has 13 heteroatoms. The molecule has 242 valence electrons. The lowest BCUT2D eigenvalue weighted by Gasteiger charge is -2.21. The zero-order valence-corrected chi connectivity index (χ0v) is 28.5. The Balaban J connectivity index is 0.000000402. The molecule has 0 aliphatic carbocycles. The second-order valence-corrected chi connectivity index (χ2v) is 14.9. The molecule has 0 aliphatic rings. The summed E-state index contributed by atoms with van der Waals surface area (Å²) in [6.07, 6.45) is -1.53. The molecule has 0 aromatic heterocycles. The summed E-state index contributed by atoms with van der Waals surface area (Å²) in [5.74, 6) is 0.137. The molecule has 6 N–H and O–H groups in total. The lowest BCUT2D eigenvalue weighted by molar-refractivity contribution is 0.198. The fourth-order valence-corrected chi connectivity index (χ4v) is 6.23. The molecule has 0 radical (unpaired) electrons. The Hall–Kier alpha value is -3.00. The Morgan fingerprint density at radius 3 is 1.52 bits per heavy atom. The second kappa shape index (κ2) is 14.9. The molecule has 3 rings (SSSR count). The highest BCUT2D eigenvalue weighted by atomic mass is 35.5. The molecule has 2 amide bonds. The van der Waals surface area contributed by atoms with Crippen molar-refractivity contribution in [3.8, 4) is 0 Å². The quantitative estimate of drug-likeness (QED) is 0.191. The fourth-order valence-electron chi connectivity index (χ4n) is 4.51. The van der Waals surface area contributed by atoms with Crippen LogP contribution in [0.4, 0.5) is 10.5 Å². The molecule has 2 unspecified atom stereocenters. The van der Waals surface area contributed by atoms with Crippen LogP contribution in [0.3, 0.4) is 0 Å². The topological polar surface area (TPSA) is 176 Å². The van der Waals surface area contributed by atoms with Crippen molar-refractivity contribution >= 4 is 43.4 Å². The first kappa shape index (κ1) is 37.2. The molecule has 0 aliphatic heterocycles. The van der Waals surface area contributed by atoms with Crippen LogP contribution in [0.5, 0.6) is 0 Å². The van der Waals surface area contributed by atoms with Gasteiger partial charge in [0.1, 0.15) is 0 Å². The number of sulfonamides is 2. The van der Waals surface area contributed by atoms with Gasteiger partial charge in [-0.25, -0.2) is 31.5 Å². The van der Waals surface area contributed by atoms with Crippen molar-refractivity contribution in [2.45, 2.75) is 89.2 Å². The van der Waals surface area contributed by atoms with E-state index in [-0.39, 0.29) is 21.6 Å². The highest BCUT2D eigenvalue weighted by molar-refractivity contribution is 7.90. The number of carbonyl (C=O) groups excluding carboxylic acids is 1. The van der Waals surface area contributed by atoms with Gasteiger partial charge in [0.05, 0.1) is 22.0 Å². The number of rotatable bonds is 8. The number of aliphatic hydroxyl groups is 2. The van der Waals surface area contributed by atoms with Crippen molar-refractivity contribution < 1.29 is 31.8 Å². The number of urea groups is 1. The summed E-state index contributed by atoms with van der Waals surface area (Å²) in [6, 6.07) is 11.5. The van der Waals surface area contributed by atoms with Gasteiger partial charge in [0.25, 0.3) is 10.0 Å². The van der Waals surface area contributed by atoms with E-state index in [9.17, 15) is 31.8 Å². The van der Waals surface area contributed by atoms with E-state index in [2.05, 4.69) is 10.0 Å². The van der Waals surface area contributed by atoms with E-state index in [1.807, 2.05) is 27.7 Å². The van der Waals surface area contributed by atoms with Gasteiger partial charge in [-0.2, -0.15) is 0 Å². The van der Waals surface area contributed by atoms with E-state index < -0.39 is 38.3 Å². The lowest BCUT2D eigenvalue weighted by atomic mass is 9.92. The van der Waals surface area contributed by atoms with Gasteiger partial charge in [0.15, 0.2) is 0 Å². The first-order valence-corrected chi connectivity index (χ1v) is 17.3. The van der Waals surface area contributed by atoms with Gasteiger partial charge in [-0.3, -0.25) is 0 Å². The van der Waals surface area contributed by atoms with Crippen molar-refractivity contribution in [1.29, 1.82) is 0 Å². The summed E-state index contributed by atoms with van der Waals surface area (Å²) in [7, 11) is -7.81. The number of nitrogens with two attached hydrogens (primary N) is 1. The van der Waals surface area contributed by atoms with Gasteiger partial charge in [0, 0.05) is 10.7 Å². The van der Waals surface area contributed by atoms with Crippen molar-refractivity contribution in [3.05, 3.63) is 86.9 Å². The number of primary sulfonamides is 1. The zero-order valence-electron chi connectivity index (χ0n) is 26.1. The fraction of sp³-hybridized carbons (Fsp3) is 0.387. The van der Waals surface area contributed by atoms with Gasteiger partial charge < -0.3 is 15.5 Å².